The fourth-order valence-corrected chi connectivity index (χ4v) is 1.83. The summed E-state index contributed by atoms with van der Waals surface area (Å²) in [5, 5.41) is 4.10. The van der Waals surface area contributed by atoms with Gasteiger partial charge in [-0.2, -0.15) is 5.10 Å². The summed E-state index contributed by atoms with van der Waals surface area (Å²) in [6.07, 6.45) is 3.50. The van der Waals surface area contributed by atoms with E-state index in [2.05, 4.69) is 21.0 Å². The van der Waals surface area contributed by atoms with Crippen LogP contribution < -0.4 is 11.3 Å². The zero-order valence-electron chi connectivity index (χ0n) is 9.11. The third kappa shape index (κ3) is 2.56. The average molecular weight is 299 g/mol. The highest BCUT2D eigenvalue weighted by atomic mass is 79.9. The highest BCUT2D eigenvalue weighted by Gasteiger charge is 2.14. The number of carbonyl (C=O) groups is 1. The topological polar surface area (TPSA) is 86.1 Å². The van der Waals surface area contributed by atoms with Gasteiger partial charge in [0, 0.05) is 11.8 Å². The van der Waals surface area contributed by atoms with Gasteiger partial charge in [-0.15, -0.1) is 0 Å². The summed E-state index contributed by atoms with van der Waals surface area (Å²) in [6.45, 7) is 2.25. The van der Waals surface area contributed by atoms with Crippen LogP contribution in [0.15, 0.2) is 27.3 Å². The molecular weight excluding hydrogens is 288 g/mol. The van der Waals surface area contributed by atoms with Gasteiger partial charge < -0.3 is 4.42 Å². The molecule has 17 heavy (non-hydrogen) atoms. The lowest BCUT2D eigenvalue weighted by Crippen LogP contribution is -2.30. The van der Waals surface area contributed by atoms with Crippen LogP contribution >= 0.6 is 15.9 Å². The quantitative estimate of drug-likeness (QED) is 0.506. The Morgan fingerprint density at radius 1 is 1.71 bits per heavy atom. The van der Waals surface area contributed by atoms with Crippen molar-refractivity contribution in [2.24, 2.45) is 5.84 Å². The minimum Gasteiger partial charge on any atom is -0.454 e. The van der Waals surface area contributed by atoms with E-state index in [0.717, 1.165) is 10.0 Å². The van der Waals surface area contributed by atoms with Crippen LogP contribution in [-0.4, -0.2) is 15.7 Å². The molecule has 0 saturated carbocycles. The monoisotopic (exact) mass is 298 g/mol. The second-order valence-corrected chi connectivity index (χ2v) is 4.47. The van der Waals surface area contributed by atoms with Crippen molar-refractivity contribution in [2.75, 3.05) is 0 Å². The first-order valence-corrected chi connectivity index (χ1v) is 5.67. The number of nitrogens with two attached hydrogens (primary N) is 1. The summed E-state index contributed by atoms with van der Waals surface area (Å²) in [7, 11) is 0. The second-order valence-electron chi connectivity index (χ2n) is 3.55. The van der Waals surface area contributed by atoms with Crippen molar-refractivity contribution in [3.63, 3.8) is 0 Å². The maximum Gasteiger partial charge on any atom is 0.301 e. The van der Waals surface area contributed by atoms with Crippen LogP contribution in [0.3, 0.4) is 0 Å². The van der Waals surface area contributed by atoms with Gasteiger partial charge >= 0.3 is 5.91 Å². The van der Waals surface area contributed by atoms with Gasteiger partial charge in [-0.1, -0.05) is 0 Å². The fraction of sp³-hybridized carbons (Fsp3) is 0.200. The molecule has 2 aromatic heterocycles. The number of furan rings is 1. The predicted molar refractivity (Wildman–Crippen MR) is 64.1 cm³/mol. The number of aromatic nitrogens is 2. The van der Waals surface area contributed by atoms with Crippen LogP contribution in [0.25, 0.3) is 0 Å². The molecule has 0 bridgehead atoms. The Labute approximate surface area is 106 Å². The Balaban J connectivity index is 2.20. The summed E-state index contributed by atoms with van der Waals surface area (Å²) >= 11 is 3.30. The molecule has 0 aromatic carbocycles. The molecule has 2 rings (SSSR count). The first-order valence-electron chi connectivity index (χ1n) is 4.88. The fourth-order valence-electron chi connectivity index (χ4n) is 1.50. The standard InChI is InChI=1S/C10H11BrN4O2/c1-6-2-8(17-9(6)10(16)14-12)5-15-4-7(11)3-13-15/h2-4H,5,12H2,1H3,(H,14,16). The van der Waals surface area contributed by atoms with Crippen molar-refractivity contribution >= 4 is 21.8 Å². The first-order chi connectivity index (χ1) is 8.10. The van der Waals surface area contributed by atoms with Crippen molar-refractivity contribution in [3.8, 4) is 0 Å². The van der Waals surface area contributed by atoms with Crippen LogP contribution in [0.2, 0.25) is 0 Å². The van der Waals surface area contributed by atoms with Crippen molar-refractivity contribution < 1.29 is 9.21 Å². The Hall–Kier alpha value is -1.60. The van der Waals surface area contributed by atoms with E-state index >= 15 is 0 Å². The second kappa shape index (κ2) is 4.72. The average Bonchev–Trinajstić information content (AvgIpc) is 2.85. The van der Waals surface area contributed by atoms with E-state index in [1.807, 2.05) is 11.6 Å². The molecule has 0 spiro atoms. The van der Waals surface area contributed by atoms with Gasteiger partial charge in [-0.25, -0.2) is 5.84 Å². The predicted octanol–water partition coefficient (Wildman–Crippen LogP) is 1.20. The maximum absolute atomic E-state index is 11.3. The van der Waals surface area contributed by atoms with Crippen molar-refractivity contribution in [2.45, 2.75) is 13.5 Å². The third-order valence-electron chi connectivity index (χ3n) is 2.23. The van der Waals surface area contributed by atoms with Crippen LogP contribution in [0, 0.1) is 6.92 Å². The summed E-state index contributed by atoms with van der Waals surface area (Å²) in [4.78, 5) is 11.3. The number of hydrogen-bond acceptors (Lipinski definition) is 4. The highest BCUT2D eigenvalue weighted by Crippen LogP contribution is 2.16. The van der Waals surface area contributed by atoms with Gasteiger partial charge in [0.1, 0.15) is 5.76 Å². The van der Waals surface area contributed by atoms with Crippen molar-refractivity contribution in [1.29, 1.82) is 0 Å². The van der Waals surface area contributed by atoms with Gasteiger partial charge in [0.2, 0.25) is 0 Å². The number of nitrogen functional groups attached to an aromatic ring is 1. The van der Waals surface area contributed by atoms with E-state index in [-0.39, 0.29) is 5.76 Å². The zero-order valence-corrected chi connectivity index (χ0v) is 10.7. The molecule has 1 amide bonds. The zero-order chi connectivity index (χ0) is 12.4. The van der Waals surface area contributed by atoms with Crippen molar-refractivity contribution in [3.05, 3.63) is 40.0 Å². The first kappa shape index (κ1) is 11.9. The smallest absolute Gasteiger partial charge is 0.301 e. The molecule has 0 atom stereocenters. The van der Waals surface area contributed by atoms with E-state index < -0.39 is 5.91 Å². The molecule has 2 aromatic rings. The van der Waals surface area contributed by atoms with E-state index in [4.69, 9.17) is 10.3 Å². The minimum atomic E-state index is -0.435. The molecule has 0 aliphatic heterocycles. The van der Waals surface area contributed by atoms with Crippen LogP contribution in [0.5, 0.6) is 0 Å². The highest BCUT2D eigenvalue weighted by molar-refractivity contribution is 9.10. The third-order valence-corrected chi connectivity index (χ3v) is 2.64. The Bertz CT molecular complexity index is 546. The lowest BCUT2D eigenvalue weighted by Gasteiger charge is -1.97. The largest absolute Gasteiger partial charge is 0.454 e. The number of amides is 1. The Kier molecular flexibility index (Phi) is 3.30. The molecule has 0 unspecified atom stereocenters. The van der Waals surface area contributed by atoms with Gasteiger partial charge in [0.15, 0.2) is 5.76 Å². The molecule has 3 N–H and O–H groups in total. The van der Waals surface area contributed by atoms with E-state index in [9.17, 15) is 4.79 Å². The number of nitrogens with one attached hydrogen (secondary N) is 1. The van der Waals surface area contributed by atoms with Crippen LogP contribution in [-0.2, 0) is 6.54 Å². The Morgan fingerprint density at radius 2 is 2.47 bits per heavy atom. The number of carbonyl (C=O) groups excluding carboxylic acids is 1. The molecular formula is C10H11BrN4O2. The van der Waals surface area contributed by atoms with E-state index in [1.54, 1.807) is 23.9 Å². The molecule has 0 fully saturated rings. The number of hydrazine groups is 1. The SMILES string of the molecule is Cc1cc(Cn2cc(Br)cn2)oc1C(=O)NN. The molecule has 0 aliphatic rings. The van der Waals surface area contributed by atoms with Crippen LogP contribution in [0.1, 0.15) is 21.9 Å². The van der Waals surface area contributed by atoms with Gasteiger partial charge in [-0.05, 0) is 28.9 Å². The Morgan fingerprint density at radius 3 is 3.06 bits per heavy atom. The van der Waals surface area contributed by atoms with E-state index in [1.165, 1.54) is 0 Å². The summed E-state index contributed by atoms with van der Waals surface area (Å²) in [5.74, 6) is 5.50. The maximum atomic E-state index is 11.3. The van der Waals surface area contributed by atoms with Gasteiger partial charge in [0.05, 0.1) is 17.2 Å². The number of halogens is 1. The number of hydrogen-bond donors (Lipinski definition) is 2. The van der Waals surface area contributed by atoms with Gasteiger partial charge in [0.25, 0.3) is 0 Å². The molecule has 2 heterocycles. The molecule has 6 nitrogen and oxygen atoms in total. The lowest BCUT2D eigenvalue weighted by atomic mass is 10.2. The van der Waals surface area contributed by atoms with E-state index in [0.29, 0.717) is 12.3 Å². The molecule has 0 saturated heterocycles. The lowest BCUT2D eigenvalue weighted by molar-refractivity contribution is 0.0923. The number of nitrogens with zero attached hydrogens (tertiary/aromatic N) is 2. The summed E-state index contributed by atoms with van der Waals surface area (Å²) in [6, 6.07) is 1.79. The number of rotatable bonds is 3. The van der Waals surface area contributed by atoms with Crippen LogP contribution in [0.4, 0.5) is 0 Å². The summed E-state index contributed by atoms with van der Waals surface area (Å²) < 4.78 is 8.00. The molecule has 0 radical (unpaired) electrons. The summed E-state index contributed by atoms with van der Waals surface area (Å²) in [5.41, 5.74) is 2.79. The molecule has 90 valence electrons. The van der Waals surface area contributed by atoms with Crippen molar-refractivity contribution in [1.82, 2.24) is 15.2 Å². The number of aryl methyl sites for hydroxylation is 1. The normalized spacial score (nSPS) is 10.5. The molecule has 0 aliphatic carbocycles. The minimum absolute atomic E-state index is 0.230. The van der Waals surface area contributed by atoms with Gasteiger partial charge in [-0.3, -0.25) is 14.9 Å². The molecule has 7 heteroatoms.